The Kier molecular flexibility index (Phi) is 17.0. The number of carbonyl (C=O) groups excluding carboxylic acids is 8. The van der Waals surface area contributed by atoms with Crippen LogP contribution in [0.1, 0.15) is 154 Å². The Morgan fingerprint density at radius 2 is 1.12 bits per heavy atom. The van der Waals surface area contributed by atoms with E-state index in [2.05, 4.69) is 54.5 Å². The number of methoxy groups -OCH3 is 2. The molecule has 426 valence electrons. The minimum atomic E-state index is -1.92. The zero-order valence-electron chi connectivity index (χ0n) is 47.1. The summed E-state index contributed by atoms with van der Waals surface area (Å²) in [4.78, 5) is 103. The zero-order chi connectivity index (χ0) is 56.2. The maximum Gasteiger partial charge on any atom is 0.339 e. The standard InChI is InChI=1S/C56H82O20/c1-28(57)67-27-36-40(68-29(2)58)41(69-30(3)59)46(76-49-45(72-33(6)62)43(71-32(5)61)42(70-31(4)60)44(75-49)47(63)65-14)48(73-36)74-39-19-20-54(11)37(51(39,7)8)18-21-56(13)38(54)17-16-34-35-26-53(10,50(64)66-15)23-22-52(35,9)24-25-55(34,56)12/h16,35-46,48-49H,17-27H2,1-15H3/t35-,36+,37-,38+,39-,40+,41-,42-,43-,44-,45+,46+,48+,49-,52+,53-,54-,55+,56+/m0/s1. The molecular formula is C56H82O20. The molecule has 5 aliphatic carbocycles. The molecule has 0 unspecified atom stereocenters. The van der Waals surface area contributed by atoms with Crippen LogP contribution in [-0.4, -0.2) is 136 Å². The molecule has 2 aliphatic heterocycles. The lowest BCUT2D eigenvalue weighted by molar-refractivity contribution is -0.376. The van der Waals surface area contributed by atoms with Gasteiger partial charge >= 0.3 is 47.8 Å². The predicted octanol–water partition coefficient (Wildman–Crippen LogP) is 6.58. The van der Waals surface area contributed by atoms with Crippen LogP contribution in [0, 0.1) is 50.2 Å². The molecule has 0 bridgehead atoms. The topological polar surface area (TPSA) is 247 Å². The van der Waals surface area contributed by atoms with E-state index in [1.165, 1.54) is 19.6 Å². The van der Waals surface area contributed by atoms with E-state index in [1.807, 2.05) is 0 Å². The highest BCUT2D eigenvalue weighted by Gasteiger charge is 2.69. The van der Waals surface area contributed by atoms with Crippen molar-refractivity contribution >= 4 is 47.8 Å². The van der Waals surface area contributed by atoms with Crippen LogP contribution in [0.2, 0.25) is 0 Å². The quantitative estimate of drug-likeness (QED) is 0.0818. The van der Waals surface area contributed by atoms with Gasteiger partial charge in [-0.1, -0.05) is 53.2 Å². The minimum Gasteiger partial charge on any atom is -0.469 e. The average Bonchev–Trinajstić information content (AvgIpc) is 3.34. The molecule has 0 aromatic rings. The lowest BCUT2D eigenvalue weighted by atomic mass is 9.33. The molecule has 76 heavy (non-hydrogen) atoms. The van der Waals surface area contributed by atoms with Gasteiger partial charge in [-0.2, -0.15) is 0 Å². The third kappa shape index (κ3) is 10.8. The van der Waals surface area contributed by atoms with Crippen molar-refractivity contribution in [1.82, 2.24) is 0 Å². The van der Waals surface area contributed by atoms with E-state index in [9.17, 15) is 38.4 Å². The summed E-state index contributed by atoms with van der Waals surface area (Å²) in [6.45, 7) is 22.3. The molecule has 19 atom stereocenters. The van der Waals surface area contributed by atoms with E-state index in [0.717, 1.165) is 99.5 Å². The molecule has 0 spiro atoms. The molecule has 0 N–H and O–H groups in total. The molecule has 0 amide bonds. The van der Waals surface area contributed by atoms with Gasteiger partial charge < -0.3 is 56.8 Å². The third-order valence-electron chi connectivity index (χ3n) is 19.5. The molecule has 20 nitrogen and oxygen atoms in total. The highest BCUT2D eigenvalue weighted by molar-refractivity contribution is 5.78. The van der Waals surface area contributed by atoms with Gasteiger partial charge in [-0.3, -0.25) is 33.6 Å². The second-order valence-electron chi connectivity index (χ2n) is 24.5. The van der Waals surface area contributed by atoms with Crippen LogP contribution in [0.15, 0.2) is 11.6 Å². The molecule has 2 heterocycles. The zero-order valence-corrected chi connectivity index (χ0v) is 47.1. The van der Waals surface area contributed by atoms with E-state index in [1.54, 1.807) is 0 Å². The molecular weight excluding hydrogens is 993 g/mol. The fraction of sp³-hybridized carbons (Fsp3) is 0.821. The van der Waals surface area contributed by atoms with E-state index >= 15 is 0 Å². The largest absolute Gasteiger partial charge is 0.469 e. The van der Waals surface area contributed by atoms with Gasteiger partial charge in [-0.05, 0) is 116 Å². The van der Waals surface area contributed by atoms with E-state index in [-0.39, 0.29) is 39.5 Å². The van der Waals surface area contributed by atoms with Crippen molar-refractivity contribution in [2.75, 3.05) is 20.8 Å². The van der Waals surface area contributed by atoms with Crippen molar-refractivity contribution in [3.8, 4) is 0 Å². The Labute approximate surface area is 446 Å². The highest BCUT2D eigenvalue weighted by Crippen LogP contribution is 2.76. The summed E-state index contributed by atoms with van der Waals surface area (Å²) in [6, 6.07) is 0. The number of carbonyl (C=O) groups is 8. The Hall–Kier alpha value is -4.66. The smallest absolute Gasteiger partial charge is 0.339 e. The van der Waals surface area contributed by atoms with Crippen LogP contribution in [0.3, 0.4) is 0 Å². The second kappa shape index (κ2) is 21.9. The first kappa shape index (κ1) is 59.0. The summed E-state index contributed by atoms with van der Waals surface area (Å²) in [7, 11) is 2.53. The van der Waals surface area contributed by atoms with Crippen LogP contribution >= 0.6 is 0 Å². The Balaban J connectivity index is 1.27. The van der Waals surface area contributed by atoms with Crippen LogP contribution in [-0.2, 0) is 95.2 Å². The van der Waals surface area contributed by atoms with Gasteiger partial charge in [-0.15, -0.1) is 0 Å². The van der Waals surface area contributed by atoms with Crippen molar-refractivity contribution < 1.29 is 95.2 Å². The summed E-state index contributed by atoms with van der Waals surface area (Å²) in [5.74, 6) is -5.69. The van der Waals surface area contributed by atoms with Crippen LogP contribution < -0.4 is 0 Å². The fourth-order valence-electron chi connectivity index (χ4n) is 15.6. The van der Waals surface area contributed by atoms with Gasteiger partial charge in [0.1, 0.15) is 12.7 Å². The highest BCUT2D eigenvalue weighted by atomic mass is 16.8. The fourth-order valence-corrected chi connectivity index (χ4v) is 15.6. The van der Waals surface area contributed by atoms with Crippen molar-refractivity contribution in [2.45, 2.75) is 222 Å². The molecule has 7 rings (SSSR count). The number of rotatable bonds is 13. The first-order valence-electron chi connectivity index (χ1n) is 26.9. The molecule has 0 aromatic carbocycles. The van der Waals surface area contributed by atoms with Gasteiger partial charge in [0.15, 0.2) is 49.0 Å². The number of esters is 8. The predicted molar refractivity (Wildman–Crippen MR) is 265 cm³/mol. The first-order chi connectivity index (χ1) is 35.4. The molecule has 20 heteroatoms. The van der Waals surface area contributed by atoms with Gasteiger partial charge in [0.05, 0.1) is 25.7 Å². The van der Waals surface area contributed by atoms with Crippen molar-refractivity contribution in [3.05, 3.63) is 11.6 Å². The lowest BCUT2D eigenvalue weighted by Crippen LogP contribution is -2.68. The maximum absolute atomic E-state index is 13.5. The molecule has 2 saturated heterocycles. The van der Waals surface area contributed by atoms with Gasteiger partial charge in [0, 0.05) is 41.5 Å². The van der Waals surface area contributed by atoms with Crippen molar-refractivity contribution in [1.29, 1.82) is 0 Å². The van der Waals surface area contributed by atoms with Gasteiger partial charge in [-0.25, -0.2) is 4.79 Å². The van der Waals surface area contributed by atoms with Gasteiger partial charge in [0.25, 0.3) is 0 Å². The SMILES string of the molecule is COC(=O)[C@H]1O[C@@H](O[C@H]2[C@@H](O[C@H]3CC[C@]4(C)[C@H]5CC=C6[C@@H]7C[C@@](C)(C(=O)OC)CC[C@]7(C)CC[C@@]6(C)[C@]5(C)CC[C@H]4C3(C)C)O[C@H](COC(C)=O)[C@@H](OC(C)=O)[C@@H]2OC(C)=O)[C@H](OC(C)=O)[C@@H](OC(C)=O)[C@@H]1OC(C)=O. The normalized spacial score (nSPS) is 42.3. The summed E-state index contributed by atoms with van der Waals surface area (Å²) in [6.07, 6.45) is -6.05. The van der Waals surface area contributed by atoms with E-state index in [4.69, 9.17) is 56.8 Å². The van der Waals surface area contributed by atoms with Crippen LogP contribution in [0.5, 0.6) is 0 Å². The molecule has 0 radical (unpaired) electrons. The first-order valence-corrected chi connectivity index (χ1v) is 26.9. The number of hydrogen-bond acceptors (Lipinski definition) is 20. The number of hydrogen-bond donors (Lipinski definition) is 0. The number of fused-ring (bicyclic) bond motifs is 7. The Bertz CT molecular complexity index is 2310. The molecule has 7 aliphatic rings. The molecule has 0 aromatic heterocycles. The summed E-state index contributed by atoms with van der Waals surface area (Å²) in [5.41, 5.74) is 0.134. The maximum atomic E-state index is 13.5. The summed E-state index contributed by atoms with van der Waals surface area (Å²) < 4.78 is 71.1. The number of ether oxygens (including phenoxy) is 12. The molecule has 6 fully saturated rings. The Morgan fingerprint density at radius 3 is 1.70 bits per heavy atom. The monoisotopic (exact) mass is 1070 g/mol. The lowest BCUT2D eigenvalue weighted by Gasteiger charge is -2.71. The van der Waals surface area contributed by atoms with Crippen molar-refractivity contribution in [3.63, 3.8) is 0 Å². The van der Waals surface area contributed by atoms with E-state index in [0.29, 0.717) is 12.3 Å². The van der Waals surface area contributed by atoms with Crippen molar-refractivity contribution in [2.24, 2.45) is 50.2 Å². The third-order valence-corrected chi connectivity index (χ3v) is 19.5. The molecule has 4 saturated carbocycles. The average molecular weight is 1080 g/mol. The Morgan fingerprint density at radius 1 is 0.566 bits per heavy atom. The van der Waals surface area contributed by atoms with E-state index < -0.39 is 127 Å². The summed E-state index contributed by atoms with van der Waals surface area (Å²) >= 11 is 0. The van der Waals surface area contributed by atoms with Crippen LogP contribution in [0.4, 0.5) is 0 Å². The van der Waals surface area contributed by atoms with Gasteiger partial charge in [0.2, 0.25) is 6.29 Å². The van der Waals surface area contributed by atoms with Crippen LogP contribution in [0.25, 0.3) is 0 Å². The summed E-state index contributed by atoms with van der Waals surface area (Å²) in [5, 5.41) is 0. The second-order valence-corrected chi connectivity index (χ2v) is 24.5. The number of allylic oxidation sites excluding steroid dienone is 2. The minimum absolute atomic E-state index is 0.0656.